The van der Waals surface area contributed by atoms with Gasteiger partial charge in [0.1, 0.15) is 17.7 Å². The highest BCUT2D eigenvalue weighted by Crippen LogP contribution is 2.34. The summed E-state index contributed by atoms with van der Waals surface area (Å²) in [4.78, 5) is 0. The zero-order chi connectivity index (χ0) is 14.0. The lowest BCUT2D eigenvalue weighted by molar-refractivity contribution is 0.214. The molecule has 0 saturated carbocycles. The second-order valence-electron chi connectivity index (χ2n) is 3.94. The maximum atomic E-state index is 14.1. The molecule has 0 aliphatic carbocycles. The van der Waals surface area contributed by atoms with Gasteiger partial charge in [-0.2, -0.15) is 0 Å². The van der Waals surface area contributed by atoms with Gasteiger partial charge in [0, 0.05) is 10.6 Å². The maximum absolute atomic E-state index is 14.1. The third kappa shape index (κ3) is 2.91. The van der Waals surface area contributed by atoms with E-state index in [-0.39, 0.29) is 15.1 Å². The molecule has 0 fully saturated rings. The Hall–Kier alpha value is -1.10. The van der Waals surface area contributed by atoms with Crippen LogP contribution in [-0.4, -0.2) is 12.2 Å². The summed E-state index contributed by atoms with van der Waals surface area (Å²) in [5.41, 5.74) is 0.558. The molecule has 0 heterocycles. The second kappa shape index (κ2) is 5.90. The number of methoxy groups -OCH3 is 1. The van der Waals surface area contributed by atoms with Crippen LogP contribution in [0.1, 0.15) is 17.2 Å². The van der Waals surface area contributed by atoms with E-state index in [2.05, 4.69) is 15.9 Å². The second-order valence-corrected chi connectivity index (χ2v) is 5.20. The molecule has 2 aromatic carbocycles. The Morgan fingerprint density at radius 1 is 1.32 bits per heavy atom. The molecule has 1 N–H and O–H groups in total. The predicted octanol–water partition coefficient (Wildman–Crippen LogP) is 4.33. The lowest BCUT2D eigenvalue weighted by Crippen LogP contribution is -2.04. The largest absolute Gasteiger partial charge is 0.497 e. The Morgan fingerprint density at radius 3 is 2.74 bits per heavy atom. The summed E-state index contributed by atoms with van der Waals surface area (Å²) in [5.74, 6) is 0.0193. The highest BCUT2D eigenvalue weighted by Gasteiger charge is 2.20. The Labute approximate surface area is 123 Å². The maximum Gasteiger partial charge on any atom is 0.145 e. The van der Waals surface area contributed by atoms with Crippen LogP contribution in [0.15, 0.2) is 40.9 Å². The van der Waals surface area contributed by atoms with Crippen molar-refractivity contribution < 1.29 is 14.2 Å². The van der Waals surface area contributed by atoms with Crippen LogP contribution in [0.2, 0.25) is 5.02 Å². The minimum absolute atomic E-state index is 0.0456. The fourth-order valence-electron chi connectivity index (χ4n) is 1.77. The van der Waals surface area contributed by atoms with Crippen molar-refractivity contribution in [2.45, 2.75) is 6.10 Å². The van der Waals surface area contributed by atoms with E-state index in [0.717, 1.165) is 0 Å². The molecule has 2 aromatic rings. The van der Waals surface area contributed by atoms with Crippen molar-refractivity contribution in [3.05, 3.63) is 62.8 Å². The minimum Gasteiger partial charge on any atom is -0.497 e. The van der Waals surface area contributed by atoms with Crippen LogP contribution in [-0.2, 0) is 0 Å². The first-order valence-electron chi connectivity index (χ1n) is 5.50. The summed E-state index contributed by atoms with van der Waals surface area (Å²) in [6.07, 6.45) is -1.15. The van der Waals surface area contributed by atoms with E-state index in [1.165, 1.54) is 19.2 Å². The van der Waals surface area contributed by atoms with E-state index >= 15 is 0 Å². The van der Waals surface area contributed by atoms with Crippen LogP contribution in [0.5, 0.6) is 5.75 Å². The lowest BCUT2D eigenvalue weighted by atomic mass is 10.0. The summed E-state index contributed by atoms with van der Waals surface area (Å²) >= 11 is 9.05. The fourth-order valence-corrected chi connectivity index (χ4v) is 2.37. The number of rotatable bonds is 3. The highest BCUT2D eigenvalue weighted by molar-refractivity contribution is 9.10. The normalized spacial score (nSPS) is 12.3. The van der Waals surface area contributed by atoms with Gasteiger partial charge in [0.25, 0.3) is 0 Å². The van der Waals surface area contributed by atoms with Gasteiger partial charge in [-0.3, -0.25) is 0 Å². The van der Waals surface area contributed by atoms with Crippen molar-refractivity contribution >= 4 is 27.5 Å². The number of hydrogen-bond donors (Lipinski definition) is 1. The summed E-state index contributed by atoms with van der Waals surface area (Å²) < 4.78 is 19.4. The molecule has 100 valence electrons. The molecule has 0 spiro atoms. The van der Waals surface area contributed by atoms with Crippen LogP contribution in [0.4, 0.5) is 4.39 Å². The zero-order valence-electron chi connectivity index (χ0n) is 10.0. The van der Waals surface area contributed by atoms with Gasteiger partial charge in [0.05, 0.1) is 11.6 Å². The van der Waals surface area contributed by atoms with Crippen molar-refractivity contribution in [1.29, 1.82) is 0 Å². The SMILES string of the molecule is COc1cccc(C(O)c2c(Cl)ccc(Br)c2F)c1. The monoisotopic (exact) mass is 344 g/mol. The first-order valence-corrected chi connectivity index (χ1v) is 6.67. The quantitative estimate of drug-likeness (QED) is 0.839. The molecule has 0 bridgehead atoms. The van der Waals surface area contributed by atoms with Crippen molar-refractivity contribution in [2.75, 3.05) is 7.11 Å². The van der Waals surface area contributed by atoms with Crippen LogP contribution in [0.3, 0.4) is 0 Å². The van der Waals surface area contributed by atoms with Crippen molar-refractivity contribution in [3.63, 3.8) is 0 Å². The van der Waals surface area contributed by atoms with Crippen LogP contribution < -0.4 is 4.74 Å². The van der Waals surface area contributed by atoms with Gasteiger partial charge in [-0.25, -0.2) is 4.39 Å². The molecule has 0 aliphatic rings. The molecule has 0 aliphatic heterocycles. The van der Waals surface area contributed by atoms with Gasteiger partial charge in [-0.15, -0.1) is 0 Å². The smallest absolute Gasteiger partial charge is 0.145 e. The van der Waals surface area contributed by atoms with Crippen molar-refractivity contribution in [3.8, 4) is 5.75 Å². The van der Waals surface area contributed by atoms with Gasteiger partial charge in [0.2, 0.25) is 0 Å². The van der Waals surface area contributed by atoms with Gasteiger partial charge in [-0.05, 0) is 45.8 Å². The fraction of sp³-hybridized carbons (Fsp3) is 0.143. The Balaban J connectivity index is 2.49. The highest BCUT2D eigenvalue weighted by atomic mass is 79.9. The third-order valence-corrected chi connectivity index (χ3v) is 3.70. The van der Waals surface area contributed by atoms with Gasteiger partial charge in [0.15, 0.2) is 0 Å². The molecule has 5 heteroatoms. The van der Waals surface area contributed by atoms with E-state index in [1.807, 2.05) is 0 Å². The minimum atomic E-state index is -1.15. The molecular weight excluding hydrogens is 335 g/mol. The van der Waals surface area contributed by atoms with E-state index in [0.29, 0.717) is 11.3 Å². The molecule has 0 radical (unpaired) electrons. The van der Waals surface area contributed by atoms with Crippen molar-refractivity contribution in [1.82, 2.24) is 0 Å². The van der Waals surface area contributed by atoms with E-state index in [1.54, 1.807) is 24.3 Å². The van der Waals surface area contributed by atoms with E-state index in [4.69, 9.17) is 16.3 Å². The standard InChI is InChI=1S/C14H11BrClFO2/c1-19-9-4-2-3-8(7-9)14(18)12-11(16)6-5-10(15)13(12)17/h2-7,14,18H,1H3. The van der Waals surface area contributed by atoms with Gasteiger partial charge < -0.3 is 9.84 Å². The molecule has 0 aromatic heterocycles. The summed E-state index contributed by atoms with van der Waals surface area (Å²) in [7, 11) is 1.53. The van der Waals surface area contributed by atoms with Crippen LogP contribution >= 0.6 is 27.5 Å². The number of halogens is 3. The summed E-state index contributed by atoms with van der Waals surface area (Å²) in [6, 6.07) is 9.83. The Kier molecular flexibility index (Phi) is 4.45. The molecule has 1 unspecified atom stereocenters. The van der Waals surface area contributed by atoms with Crippen molar-refractivity contribution in [2.24, 2.45) is 0 Å². The average Bonchev–Trinajstić information content (AvgIpc) is 2.43. The molecule has 0 saturated heterocycles. The van der Waals surface area contributed by atoms with Gasteiger partial charge in [-0.1, -0.05) is 23.7 Å². The topological polar surface area (TPSA) is 29.5 Å². The molecule has 2 nitrogen and oxygen atoms in total. The van der Waals surface area contributed by atoms with Gasteiger partial charge >= 0.3 is 0 Å². The number of ether oxygens (including phenoxy) is 1. The van der Waals surface area contributed by atoms with Crippen LogP contribution in [0.25, 0.3) is 0 Å². The molecule has 19 heavy (non-hydrogen) atoms. The summed E-state index contributed by atoms with van der Waals surface area (Å²) in [6.45, 7) is 0. The molecule has 2 rings (SSSR count). The summed E-state index contributed by atoms with van der Waals surface area (Å²) in [5, 5.41) is 10.5. The lowest BCUT2D eigenvalue weighted by Gasteiger charge is -2.15. The Bertz CT molecular complexity index is 604. The predicted molar refractivity (Wildman–Crippen MR) is 76.2 cm³/mol. The average molecular weight is 346 g/mol. The zero-order valence-corrected chi connectivity index (χ0v) is 12.4. The Morgan fingerprint density at radius 2 is 2.05 bits per heavy atom. The number of hydrogen-bond acceptors (Lipinski definition) is 2. The van der Waals surface area contributed by atoms with Crippen LogP contribution in [0, 0.1) is 5.82 Å². The number of aliphatic hydroxyl groups is 1. The van der Waals surface area contributed by atoms with E-state index < -0.39 is 11.9 Å². The molecule has 1 atom stereocenters. The van der Waals surface area contributed by atoms with E-state index in [9.17, 15) is 9.50 Å². The third-order valence-electron chi connectivity index (χ3n) is 2.76. The molecule has 0 amide bonds. The first kappa shape index (κ1) is 14.3. The molecular formula is C14H11BrClFO2. The number of benzene rings is 2. The number of aliphatic hydroxyl groups excluding tert-OH is 1. The first-order chi connectivity index (χ1) is 9.04.